The minimum Gasteiger partial charge on any atom is -0.546 e. The number of carboxylic acids is 1. The first kappa shape index (κ1) is 31.0. The molecule has 0 bridgehead atoms. The molecule has 0 saturated heterocycles. The van der Waals surface area contributed by atoms with Crippen molar-refractivity contribution >= 4 is 17.6 Å². The van der Waals surface area contributed by atoms with Crippen molar-refractivity contribution in [2.45, 2.75) is 110 Å². The van der Waals surface area contributed by atoms with E-state index in [9.17, 15) is 9.90 Å². The van der Waals surface area contributed by atoms with Crippen molar-refractivity contribution in [3.63, 3.8) is 0 Å². The second kappa shape index (κ2) is 21.2. The molecule has 0 N–H and O–H groups in total. The number of hydrogen-bond donors (Lipinski definition) is 0. The monoisotopic (exact) mass is 503 g/mol. The maximum Gasteiger partial charge on any atom is 0.168 e. The fraction of sp³-hybridized carbons (Fsp3) is 0.600. The Hall–Kier alpha value is -2.07. The summed E-state index contributed by atoms with van der Waals surface area (Å²) in [6, 6.07) is 11.3. The normalized spacial score (nSPS) is 10.5. The summed E-state index contributed by atoms with van der Waals surface area (Å²) in [4.78, 5) is 10.1. The highest BCUT2D eigenvalue weighted by atomic mass is 35.5. The van der Waals surface area contributed by atoms with Crippen LogP contribution < -0.4 is 14.4 Å². The first-order chi connectivity index (χ1) is 17.0. The lowest BCUT2D eigenvalue weighted by Crippen LogP contribution is -2.32. The molecule has 5 heteroatoms. The van der Waals surface area contributed by atoms with Crippen LogP contribution >= 0.6 is 11.6 Å². The number of nitrogens with zero attached hydrogens (tertiary/aromatic N) is 1. The van der Waals surface area contributed by atoms with Gasteiger partial charge in [0.25, 0.3) is 0 Å². The van der Waals surface area contributed by atoms with Crippen molar-refractivity contribution in [3.8, 4) is 5.75 Å². The molecule has 0 amide bonds. The van der Waals surface area contributed by atoms with Gasteiger partial charge in [-0.05, 0) is 37.1 Å². The average Bonchev–Trinajstić information content (AvgIpc) is 2.84. The highest BCUT2D eigenvalue weighted by Gasteiger charge is 2.00. The number of carbonyl (C=O) groups is 1. The number of benzene rings is 1. The van der Waals surface area contributed by atoms with Gasteiger partial charge in [0, 0.05) is 23.6 Å². The van der Waals surface area contributed by atoms with Gasteiger partial charge in [-0.3, -0.25) is 0 Å². The Morgan fingerprint density at radius 1 is 0.829 bits per heavy atom. The molecule has 2 aromatic rings. The Morgan fingerprint density at radius 2 is 1.34 bits per heavy atom. The molecule has 1 aromatic carbocycles. The zero-order chi connectivity index (χ0) is 25.6. The highest BCUT2D eigenvalue weighted by Crippen LogP contribution is 2.21. The minimum absolute atomic E-state index is 0.442. The molecule has 0 aliphatic carbocycles. The van der Waals surface area contributed by atoms with Crippen LogP contribution in [0.1, 0.15) is 102 Å². The van der Waals surface area contributed by atoms with Crippen LogP contribution in [-0.2, 0) is 11.3 Å². The third-order valence-corrected chi connectivity index (χ3v) is 6.26. The van der Waals surface area contributed by atoms with E-state index in [4.69, 9.17) is 16.3 Å². The number of rotatable bonds is 18. The number of carbonyl (C=O) groups excluding carboxylic acids is 1. The predicted octanol–water partition coefficient (Wildman–Crippen LogP) is 7.23. The number of carboxylic acid groups (broad SMARTS) is 1. The maximum absolute atomic E-state index is 10.1. The smallest absolute Gasteiger partial charge is 0.168 e. The third-order valence-electron chi connectivity index (χ3n) is 6.03. The maximum atomic E-state index is 10.1. The van der Waals surface area contributed by atoms with Gasteiger partial charge in [-0.2, -0.15) is 0 Å². The van der Waals surface area contributed by atoms with Crippen LogP contribution in [0.3, 0.4) is 0 Å². The predicted molar refractivity (Wildman–Crippen MR) is 144 cm³/mol. The Labute approximate surface area is 218 Å². The number of pyridine rings is 1. The van der Waals surface area contributed by atoms with E-state index in [0.29, 0.717) is 10.8 Å². The Kier molecular flexibility index (Phi) is 18.8. The molecule has 1 aromatic heterocycles. The van der Waals surface area contributed by atoms with Crippen LogP contribution in [0.25, 0.3) is 0 Å². The summed E-state index contributed by atoms with van der Waals surface area (Å²) in [6.45, 7) is 4.82. The first-order valence-electron chi connectivity index (χ1n) is 13.6. The molecule has 0 radical (unpaired) electrons. The molecular formula is C30H46ClNO3. The molecule has 0 spiro atoms. The van der Waals surface area contributed by atoms with Gasteiger partial charge in [-0.15, -0.1) is 0 Å². The summed E-state index contributed by atoms with van der Waals surface area (Å²) < 4.78 is 7.22. The standard InChI is InChI=1S/C21H38N.C9H9ClO3/c1-2-3-4-5-6-7-8-9-10-11-12-13-14-16-19-22-20-17-15-18-21-22;1-6-4-7(10)2-3-8(6)13-5-9(11)12/h15,17-18,20-21H,2-14,16,19H2,1H3;2-4H,5H2,1H3,(H,11,12)/q+1;/p-1. The van der Waals surface area contributed by atoms with E-state index in [0.717, 1.165) is 5.56 Å². The number of unbranched alkanes of at least 4 members (excludes halogenated alkanes) is 13. The summed E-state index contributed by atoms with van der Waals surface area (Å²) in [6.07, 6.45) is 24.4. The van der Waals surface area contributed by atoms with Gasteiger partial charge in [0.15, 0.2) is 12.4 Å². The van der Waals surface area contributed by atoms with Crippen molar-refractivity contribution in [1.82, 2.24) is 0 Å². The Morgan fingerprint density at radius 3 is 1.83 bits per heavy atom. The summed E-state index contributed by atoms with van der Waals surface area (Å²) in [5.74, 6) is -0.733. The number of aromatic nitrogens is 1. The molecule has 2 rings (SSSR count). The summed E-state index contributed by atoms with van der Waals surface area (Å²) >= 11 is 5.70. The molecule has 35 heavy (non-hydrogen) atoms. The largest absolute Gasteiger partial charge is 0.546 e. The Balaban J connectivity index is 0.000000400. The lowest BCUT2D eigenvalue weighted by Gasteiger charge is -2.09. The third kappa shape index (κ3) is 17.9. The molecule has 0 saturated carbocycles. The van der Waals surface area contributed by atoms with Crippen LogP contribution in [0.2, 0.25) is 5.02 Å². The molecular weight excluding hydrogens is 458 g/mol. The minimum atomic E-state index is -1.24. The molecule has 0 fully saturated rings. The number of aryl methyl sites for hydroxylation is 2. The molecule has 0 aliphatic heterocycles. The van der Waals surface area contributed by atoms with E-state index in [1.807, 2.05) is 0 Å². The van der Waals surface area contributed by atoms with Crippen molar-refractivity contribution < 1.29 is 19.2 Å². The van der Waals surface area contributed by atoms with Crippen molar-refractivity contribution in [1.29, 1.82) is 0 Å². The lowest BCUT2D eigenvalue weighted by atomic mass is 10.0. The molecule has 0 aliphatic rings. The quantitative estimate of drug-likeness (QED) is 0.159. The zero-order valence-electron chi connectivity index (χ0n) is 22.0. The fourth-order valence-corrected chi connectivity index (χ4v) is 4.21. The summed E-state index contributed by atoms with van der Waals surface area (Å²) in [7, 11) is 0. The van der Waals surface area contributed by atoms with E-state index in [1.54, 1.807) is 25.1 Å². The van der Waals surface area contributed by atoms with Crippen LogP contribution in [0.5, 0.6) is 5.75 Å². The van der Waals surface area contributed by atoms with Gasteiger partial charge in [0.05, 0.1) is 5.97 Å². The average molecular weight is 504 g/mol. The number of hydrogen-bond acceptors (Lipinski definition) is 3. The molecule has 4 nitrogen and oxygen atoms in total. The summed E-state index contributed by atoms with van der Waals surface area (Å²) in [5, 5.41) is 10.7. The molecule has 0 atom stereocenters. The van der Waals surface area contributed by atoms with Gasteiger partial charge >= 0.3 is 0 Å². The SMILES string of the molecule is CCCCCCCCCCCCCCCC[n+]1ccccc1.Cc1cc(Cl)ccc1OCC(=O)[O-]. The van der Waals surface area contributed by atoms with E-state index in [1.165, 1.54) is 96.4 Å². The van der Waals surface area contributed by atoms with Crippen LogP contribution in [0, 0.1) is 6.92 Å². The van der Waals surface area contributed by atoms with Gasteiger partial charge < -0.3 is 14.6 Å². The lowest BCUT2D eigenvalue weighted by molar-refractivity contribution is -0.697. The number of ether oxygens (including phenoxy) is 1. The molecule has 1 heterocycles. The number of halogens is 1. The van der Waals surface area contributed by atoms with Crippen LogP contribution in [0.4, 0.5) is 0 Å². The van der Waals surface area contributed by atoms with E-state index < -0.39 is 12.6 Å². The van der Waals surface area contributed by atoms with Crippen LogP contribution in [0.15, 0.2) is 48.8 Å². The Bertz CT molecular complexity index is 782. The van der Waals surface area contributed by atoms with Gasteiger partial charge in [-0.1, -0.05) is 102 Å². The van der Waals surface area contributed by atoms with E-state index in [-0.39, 0.29) is 0 Å². The van der Waals surface area contributed by atoms with Crippen molar-refractivity contribution in [3.05, 3.63) is 59.4 Å². The first-order valence-corrected chi connectivity index (χ1v) is 13.9. The van der Waals surface area contributed by atoms with Gasteiger partial charge in [0.2, 0.25) is 0 Å². The van der Waals surface area contributed by atoms with Crippen LogP contribution in [-0.4, -0.2) is 12.6 Å². The van der Waals surface area contributed by atoms with Crippen molar-refractivity contribution in [2.75, 3.05) is 6.61 Å². The molecule has 196 valence electrons. The zero-order valence-corrected chi connectivity index (χ0v) is 22.7. The number of aliphatic carboxylic acids is 1. The van der Waals surface area contributed by atoms with Gasteiger partial charge in [0.1, 0.15) is 18.9 Å². The molecule has 0 unspecified atom stereocenters. The van der Waals surface area contributed by atoms with Crippen molar-refractivity contribution in [2.24, 2.45) is 0 Å². The topological polar surface area (TPSA) is 53.2 Å². The summed E-state index contributed by atoms with van der Waals surface area (Å²) in [5.41, 5.74) is 0.800. The second-order valence-corrected chi connectivity index (χ2v) is 9.72. The van der Waals surface area contributed by atoms with E-state index in [2.05, 4.69) is 42.1 Å². The van der Waals surface area contributed by atoms with Gasteiger partial charge in [-0.25, -0.2) is 4.57 Å². The van der Waals surface area contributed by atoms with E-state index >= 15 is 0 Å². The fourth-order valence-electron chi connectivity index (χ4n) is 3.98. The highest BCUT2D eigenvalue weighted by molar-refractivity contribution is 6.30. The second-order valence-electron chi connectivity index (χ2n) is 9.28.